The van der Waals surface area contributed by atoms with Crippen LogP contribution >= 0.6 is 0 Å². The number of aliphatic hydroxyl groups excluding tert-OH is 1. The summed E-state index contributed by atoms with van der Waals surface area (Å²) in [5.74, 6) is 0. The van der Waals surface area contributed by atoms with Crippen molar-refractivity contribution in [3.8, 4) is 0 Å². The molecule has 1 saturated heterocycles. The number of hydrogen-bond acceptors (Lipinski definition) is 4. The van der Waals surface area contributed by atoms with E-state index < -0.39 is 16.1 Å². The van der Waals surface area contributed by atoms with Gasteiger partial charge >= 0.3 is 0 Å². The van der Waals surface area contributed by atoms with Gasteiger partial charge in [0.25, 0.3) is 0 Å². The summed E-state index contributed by atoms with van der Waals surface area (Å²) in [7, 11) is -3.28. The number of rotatable bonds is 4. The molecule has 14 heavy (non-hydrogen) atoms. The molecule has 0 aliphatic carbocycles. The van der Waals surface area contributed by atoms with Crippen molar-refractivity contribution in [1.29, 1.82) is 0 Å². The topological polar surface area (TPSA) is 75.6 Å². The molecule has 1 aliphatic heterocycles. The lowest BCUT2D eigenvalue weighted by Crippen LogP contribution is -2.43. The average molecular weight is 223 g/mol. The minimum atomic E-state index is -3.28. The van der Waals surface area contributed by atoms with Crippen molar-refractivity contribution in [3.63, 3.8) is 0 Å². The van der Waals surface area contributed by atoms with Crippen molar-refractivity contribution in [2.45, 2.75) is 31.1 Å². The van der Waals surface area contributed by atoms with E-state index in [0.717, 1.165) is 0 Å². The van der Waals surface area contributed by atoms with Crippen LogP contribution in [0.1, 0.15) is 19.8 Å². The Morgan fingerprint density at radius 3 is 2.57 bits per heavy atom. The number of aliphatic hydroxyl groups is 1. The van der Waals surface area contributed by atoms with Crippen LogP contribution in [-0.4, -0.2) is 44.6 Å². The molecule has 1 rings (SSSR count). The predicted molar refractivity (Wildman–Crippen MR) is 52.4 cm³/mol. The van der Waals surface area contributed by atoms with Gasteiger partial charge < -0.3 is 9.84 Å². The van der Waals surface area contributed by atoms with Gasteiger partial charge in [0.15, 0.2) is 0 Å². The van der Waals surface area contributed by atoms with E-state index >= 15 is 0 Å². The van der Waals surface area contributed by atoms with Crippen molar-refractivity contribution in [2.75, 3.05) is 19.8 Å². The Morgan fingerprint density at radius 1 is 1.50 bits per heavy atom. The molecule has 1 unspecified atom stereocenters. The van der Waals surface area contributed by atoms with E-state index in [-0.39, 0.29) is 11.9 Å². The van der Waals surface area contributed by atoms with Crippen molar-refractivity contribution in [2.24, 2.45) is 0 Å². The summed E-state index contributed by atoms with van der Waals surface area (Å²) in [5, 5.41) is 8.37. The van der Waals surface area contributed by atoms with Crippen molar-refractivity contribution >= 4 is 10.0 Å². The summed E-state index contributed by atoms with van der Waals surface area (Å²) < 4.78 is 30.9. The maximum Gasteiger partial charge on any atom is 0.214 e. The maximum absolute atomic E-state index is 11.7. The molecule has 5 nitrogen and oxygen atoms in total. The highest BCUT2D eigenvalue weighted by atomic mass is 32.2. The molecule has 0 saturated carbocycles. The largest absolute Gasteiger partial charge is 0.395 e. The first-order chi connectivity index (χ1) is 6.56. The standard InChI is InChI=1S/C8H17NO4S/c1-7(6-10)9-14(11,12)8-2-4-13-5-3-8/h7-10H,2-6H2,1H3. The molecule has 0 spiro atoms. The molecule has 1 aliphatic rings. The first-order valence-corrected chi connectivity index (χ1v) is 6.30. The lowest BCUT2D eigenvalue weighted by molar-refractivity contribution is 0.0980. The van der Waals surface area contributed by atoms with E-state index in [1.807, 2.05) is 0 Å². The molecule has 0 radical (unpaired) electrons. The van der Waals surface area contributed by atoms with Crippen LogP contribution < -0.4 is 4.72 Å². The van der Waals surface area contributed by atoms with Crippen LogP contribution in [0.15, 0.2) is 0 Å². The van der Waals surface area contributed by atoms with E-state index in [0.29, 0.717) is 26.1 Å². The van der Waals surface area contributed by atoms with Gasteiger partial charge in [-0.3, -0.25) is 0 Å². The second-order valence-electron chi connectivity index (χ2n) is 3.56. The minimum absolute atomic E-state index is 0.178. The smallest absolute Gasteiger partial charge is 0.214 e. The highest BCUT2D eigenvalue weighted by Crippen LogP contribution is 2.14. The minimum Gasteiger partial charge on any atom is -0.395 e. The zero-order valence-electron chi connectivity index (χ0n) is 8.27. The Bertz CT molecular complexity index is 259. The predicted octanol–water partition coefficient (Wildman–Crippen LogP) is -0.534. The number of ether oxygens (including phenoxy) is 1. The molecule has 1 heterocycles. The highest BCUT2D eigenvalue weighted by Gasteiger charge is 2.28. The van der Waals surface area contributed by atoms with Gasteiger partial charge in [0, 0.05) is 19.3 Å². The molecular formula is C8H17NO4S. The molecule has 1 fully saturated rings. The second kappa shape index (κ2) is 5.06. The second-order valence-corrected chi connectivity index (χ2v) is 5.55. The Balaban J connectivity index is 2.54. The van der Waals surface area contributed by atoms with Crippen LogP contribution in [0.2, 0.25) is 0 Å². The third kappa shape index (κ3) is 3.20. The fourth-order valence-electron chi connectivity index (χ4n) is 1.40. The molecular weight excluding hydrogens is 206 g/mol. The van der Waals surface area contributed by atoms with E-state index in [4.69, 9.17) is 9.84 Å². The number of sulfonamides is 1. The quantitative estimate of drug-likeness (QED) is 0.671. The van der Waals surface area contributed by atoms with E-state index in [9.17, 15) is 8.42 Å². The molecule has 0 amide bonds. The normalized spacial score (nSPS) is 22.1. The summed E-state index contributed by atoms with van der Waals surface area (Å²) in [4.78, 5) is 0. The van der Waals surface area contributed by atoms with E-state index in [1.165, 1.54) is 0 Å². The molecule has 1 atom stereocenters. The van der Waals surface area contributed by atoms with Gasteiger partial charge in [-0.2, -0.15) is 0 Å². The Hall–Kier alpha value is -0.170. The van der Waals surface area contributed by atoms with Gasteiger partial charge in [-0.25, -0.2) is 13.1 Å². The SMILES string of the molecule is CC(CO)NS(=O)(=O)C1CCOCC1. The molecule has 0 bridgehead atoms. The van der Waals surface area contributed by atoms with Crippen LogP contribution in [0.5, 0.6) is 0 Å². The third-order valence-corrected chi connectivity index (χ3v) is 4.33. The average Bonchev–Trinajstić information content (AvgIpc) is 2.18. The highest BCUT2D eigenvalue weighted by molar-refractivity contribution is 7.90. The first kappa shape index (κ1) is 11.9. The van der Waals surface area contributed by atoms with Gasteiger partial charge in [-0.05, 0) is 19.8 Å². The van der Waals surface area contributed by atoms with Crippen molar-refractivity contribution in [1.82, 2.24) is 4.72 Å². The lowest BCUT2D eigenvalue weighted by Gasteiger charge is -2.23. The van der Waals surface area contributed by atoms with Gasteiger partial charge in [0.1, 0.15) is 0 Å². The zero-order chi connectivity index (χ0) is 10.6. The van der Waals surface area contributed by atoms with Crippen LogP contribution in [0, 0.1) is 0 Å². The number of hydrogen-bond donors (Lipinski definition) is 2. The van der Waals surface area contributed by atoms with E-state index in [1.54, 1.807) is 6.92 Å². The summed E-state index contributed by atoms with van der Waals surface area (Å²) in [6, 6.07) is -0.414. The molecule has 2 N–H and O–H groups in total. The molecule has 0 aromatic heterocycles. The third-order valence-electron chi connectivity index (χ3n) is 2.25. The maximum atomic E-state index is 11.7. The summed E-state index contributed by atoms with van der Waals surface area (Å²) >= 11 is 0. The van der Waals surface area contributed by atoms with Crippen LogP contribution in [0.3, 0.4) is 0 Å². The zero-order valence-corrected chi connectivity index (χ0v) is 9.09. The summed E-state index contributed by atoms with van der Waals surface area (Å²) in [6.07, 6.45) is 1.07. The summed E-state index contributed by atoms with van der Waals surface area (Å²) in [6.45, 7) is 2.46. The number of nitrogens with one attached hydrogen (secondary N) is 1. The van der Waals surface area contributed by atoms with Crippen LogP contribution in [0.25, 0.3) is 0 Å². The molecule has 6 heteroatoms. The van der Waals surface area contributed by atoms with Gasteiger partial charge in [0.2, 0.25) is 10.0 Å². The molecule has 0 aromatic carbocycles. The van der Waals surface area contributed by atoms with Gasteiger partial charge in [-0.1, -0.05) is 0 Å². The Kier molecular flexibility index (Phi) is 4.31. The monoisotopic (exact) mass is 223 g/mol. The van der Waals surface area contributed by atoms with Gasteiger partial charge in [-0.15, -0.1) is 0 Å². The van der Waals surface area contributed by atoms with Crippen LogP contribution in [0.4, 0.5) is 0 Å². The van der Waals surface area contributed by atoms with Crippen LogP contribution in [-0.2, 0) is 14.8 Å². The fraction of sp³-hybridized carbons (Fsp3) is 1.00. The Morgan fingerprint density at radius 2 is 2.07 bits per heavy atom. The molecule has 0 aromatic rings. The van der Waals surface area contributed by atoms with Gasteiger partial charge in [0.05, 0.1) is 11.9 Å². The Labute approximate surface area is 84.5 Å². The fourth-order valence-corrected chi connectivity index (χ4v) is 3.04. The van der Waals surface area contributed by atoms with Crippen molar-refractivity contribution in [3.05, 3.63) is 0 Å². The first-order valence-electron chi connectivity index (χ1n) is 4.76. The van der Waals surface area contributed by atoms with E-state index in [2.05, 4.69) is 4.72 Å². The summed E-state index contributed by atoms with van der Waals surface area (Å²) in [5.41, 5.74) is 0. The lowest BCUT2D eigenvalue weighted by atomic mass is 10.2. The van der Waals surface area contributed by atoms with Crippen molar-refractivity contribution < 1.29 is 18.3 Å². The molecule has 84 valence electrons.